The van der Waals surface area contributed by atoms with Crippen LogP contribution in [0.25, 0.3) is 0 Å². The first-order valence-electron chi connectivity index (χ1n) is 6.93. The molecule has 2 aromatic carbocycles. The van der Waals surface area contributed by atoms with E-state index in [4.69, 9.17) is 26.8 Å². The van der Waals surface area contributed by atoms with Crippen molar-refractivity contribution in [1.82, 2.24) is 0 Å². The van der Waals surface area contributed by atoms with Gasteiger partial charge < -0.3 is 27.6 Å². The lowest BCUT2D eigenvalue weighted by Gasteiger charge is -2.18. The largest absolute Gasteiger partial charge is 1.00 e. The molecular weight excluding hydrogens is 374 g/mol. The van der Waals surface area contributed by atoms with E-state index in [1.54, 1.807) is 30.3 Å². The fourth-order valence-electron chi connectivity index (χ4n) is 2.08. The number of nitrogens with two attached hydrogens (primary N) is 1. The number of amidine groups is 1. The Morgan fingerprint density at radius 3 is 2.71 bits per heavy atom. The molecule has 8 heteroatoms. The molecule has 0 aromatic heterocycles. The lowest BCUT2D eigenvalue weighted by atomic mass is 10.2. The van der Waals surface area contributed by atoms with Crippen LogP contribution in [0.3, 0.4) is 0 Å². The summed E-state index contributed by atoms with van der Waals surface area (Å²) in [5.41, 5.74) is 6.97. The molecule has 24 heavy (non-hydrogen) atoms. The van der Waals surface area contributed by atoms with Crippen LogP contribution in [0.5, 0.6) is 11.5 Å². The molecule has 0 atom stereocenters. The van der Waals surface area contributed by atoms with Gasteiger partial charge in [0.2, 0.25) is 0 Å². The van der Waals surface area contributed by atoms with Crippen molar-refractivity contribution < 1.29 is 26.3 Å². The van der Waals surface area contributed by atoms with Crippen LogP contribution in [0.15, 0.2) is 41.4 Å². The van der Waals surface area contributed by atoms with Gasteiger partial charge >= 0.3 is 0 Å². The van der Waals surface area contributed by atoms with Crippen LogP contribution >= 0.6 is 23.4 Å². The fourth-order valence-corrected chi connectivity index (χ4v) is 3.14. The predicted octanol–water partition coefficient (Wildman–Crippen LogP) is 1.13. The number of hydrogen-bond acceptors (Lipinski definition) is 4. The third-order valence-electron chi connectivity index (χ3n) is 3.19. The zero-order valence-electron chi connectivity index (χ0n) is 12.5. The standard InChI is InChI=1S/C16H14ClFN2O2S.ClH/c17-12-2-1-3-13(18)11(12)9-23-16(19)20-10-4-5-14-15(8-10)22-7-6-21-14;/h1-5,8H,6-7,9H2,(H2,19,20);1H/p-1. The quantitative estimate of drug-likeness (QED) is 0.633. The van der Waals surface area contributed by atoms with E-state index in [1.807, 2.05) is 0 Å². The molecular formula is C16H14Cl2FN2O2S-. The summed E-state index contributed by atoms with van der Waals surface area (Å²) in [6.07, 6.45) is 0. The number of fused-ring (bicyclic) bond motifs is 1. The molecule has 0 saturated heterocycles. The molecule has 3 rings (SSSR count). The van der Waals surface area contributed by atoms with E-state index in [1.165, 1.54) is 17.8 Å². The molecule has 0 unspecified atom stereocenters. The zero-order valence-corrected chi connectivity index (χ0v) is 14.8. The van der Waals surface area contributed by atoms with Crippen molar-refractivity contribution in [3.8, 4) is 11.5 Å². The zero-order chi connectivity index (χ0) is 16.2. The van der Waals surface area contributed by atoms with E-state index in [0.717, 1.165) is 0 Å². The van der Waals surface area contributed by atoms with E-state index in [-0.39, 0.29) is 18.2 Å². The van der Waals surface area contributed by atoms with E-state index in [2.05, 4.69) is 4.99 Å². The summed E-state index contributed by atoms with van der Waals surface area (Å²) in [6, 6.07) is 9.93. The van der Waals surface area contributed by atoms with E-state index in [9.17, 15) is 4.39 Å². The van der Waals surface area contributed by atoms with Crippen LogP contribution in [0, 0.1) is 5.82 Å². The van der Waals surface area contributed by atoms with Gasteiger partial charge in [0.25, 0.3) is 0 Å². The molecule has 0 aliphatic carbocycles. The number of rotatable bonds is 3. The van der Waals surface area contributed by atoms with Gasteiger partial charge in [-0.05, 0) is 24.3 Å². The van der Waals surface area contributed by atoms with Crippen LogP contribution in [-0.4, -0.2) is 18.4 Å². The van der Waals surface area contributed by atoms with Gasteiger partial charge in [0.1, 0.15) is 19.0 Å². The maximum absolute atomic E-state index is 13.7. The average molecular weight is 388 g/mol. The molecule has 1 aliphatic heterocycles. The number of halogens is 3. The second kappa shape index (κ2) is 8.46. The molecule has 0 amide bonds. The summed E-state index contributed by atoms with van der Waals surface area (Å²) in [4.78, 5) is 4.30. The summed E-state index contributed by atoms with van der Waals surface area (Å²) in [7, 11) is 0. The highest BCUT2D eigenvalue weighted by atomic mass is 35.5. The first-order chi connectivity index (χ1) is 11.1. The Balaban J connectivity index is 0.00000208. The summed E-state index contributed by atoms with van der Waals surface area (Å²) in [5.74, 6) is 1.30. The first kappa shape index (κ1) is 18.7. The number of ether oxygens (including phenoxy) is 2. The highest BCUT2D eigenvalue weighted by Gasteiger charge is 2.12. The second-order valence-corrected chi connectivity index (χ2v) is 6.17. The van der Waals surface area contributed by atoms with Gasteiger partial charge in [0, 0.05) is 22.4 Å². The summed E-state index contributed by atoms with van der Waals surface area (Å²) in [6.45, 7) is 1.05. The maximum Gasteiger partial charge on any atom is 0.163 e. The number of aliphatic imine (C=N–C) groups is 1. The van der Waals surface area contributed by atoms with E-state index < -0.39 is 0 Å². The molecule has 2 N–H and O–H groups in total. The molecule has 1 heterocycles. The molecule has 0 fully saturated rings. The number of thioether (sulfide) groups is 1. The Hall–Kier alpha value is -1.63. The SMILES string of the molecule is NC(=Nc1ccc2c(c1)OCCO2)SCc1c(F)cccc1Cl.[Cl-]. The van der Waals surface area contributed by atoms with Crippen molar-refractivity contribution in [2.75, 3.05) is 13.2 Å². The maximum atomic E-state index is 13.7. The first-order valence-corrected chi connectivity index (χ1v) is 8.29. The third-order valence-corrected chi connectivity index (χ3v) is 4.37. The molecule has 0 bridgehead atoms. The molecule has 4 nitrogen and oxygen atoms in total. The van der Waals surface area contributed by atoms with Crippen LogP contribution in [0.2, 0.25) is 5.02 Å². The highest BCUT2D eigenvalue weighted by molar-refractivity contribution is 8.13. The Morgan fingerprint density at radius 1 is 1.21 bits per heavy atom. The number of hydrogen-bond donors (Lipinski definition) is 1. The van der Waals surface area contributed by atoms with Gasteiger partial charge in [-0.1, -0.05) is 29.4 Å². The minimum atomic E-state index is -0.350. The normalized spacial score (nSPS) is 13.3. The van der Waals surface area contributed by atoms with E-state index in [0.29, 0.717) is 51.9 Å². The molecule has 1 aliphatic rings. The van der Waals surface area contributed by atoms with Crippen molar-refractivity contribution in [2.24, 2.45) is 10.7 Å². The van der Waals surface area contributed by atoms with Crippen LogP contribution in [-0.2, 0) is 5.75 Å². The number of nitrogens with zero attached hydrogens (tertiary/aromatic N) is 1. The Morgan fingerprint density at radius 2 is 1.96 bits per heavy atom. The average Bonchev–Trinajstić information content (AvgIpc) is 2.54. The summed E-state index contributed by atoms with van der Waals surface area (Å²) < 4.78 is 24.7. The lowest BCUT2D eigenvalue weighted by molar-refractivity contribution is -0.00000577. The van der Waals surface area contributed by atoms with Gasteiger partial charge in [-0.15, -0.1) is 0 Å². The van der Waals surface area contributed by atoms with Crippen LogP contribution < -0.4 is 27.6 Å². The van der Waals surface area contributed by atoms with Gasteiger partial charge in [-0.3, -0.25) is 0 Å². The molecule has 128 valence electrons. The van der Waals surface area contributed by atoms with Crippen molar-refractivity contribution in [3.05, 3.63) is 52.8 Å². The van der Waals surface area contributed by atoms with Crippen molar-refractivity contribution >= 4 is 34.2 Å². The topological polar surface area (TPSA) is 56.8 Å². The monoisotopic (exact) mass is 387 g/mol. The Bertz CT molecular complexity index is 739. The van der Waals surface area contributed by atoms with Gasteiger partial charge in [-0.2, -0.15) is 0 Å². The highest BCUT2D eigenvalue weighted by Crippen LogP contribution is 2.34. The molecule has 0 radical (unpaired) electrons. The molecule has 2 aromatic rings. The van der Waals surface area contributed by atoms with Crippen molar-refractivity contribution in [3.63, 3.8) is 0 Å². The van der Waals surface area contributed by atoms with Crippen LogP contribution in [0.4, 0.5) is 10.1 Å². The van der Waals surface area contributed by atoms with Gasteiger partial charge in [0.05, 0.1) is 5.69 Å². The fraction of sp³-hybridized carbons (Fsp3) is 0.188. The van der Waals surface area contributed by atoms with Crippen molar-refractivity contribution in [2.45, 2.75) is 5.75 Å². The summed E-state index contributed by atoms with van der Waals surface area (Å²) in [5, 5.41) is 0.700. The Labute approximate surface area is 154 Å². The minimum Gasteiger partial charge on any atom is -1.00 e. The van der Waals surface area contributed by atoms with Gasteiger partial charge in [0.15, 0.2) is 16.7 Å². The Kier molecular flexibility index (Phi) is 6.60. The molecule has 0 spiro atoms. The van der Waals surface area contributed by atoms with Crippen molar-refractivity contribution in [1.29, 1.82) is 0 Å². The van der Waals surface area contributed by atoms with Gasteiger partial charge in [-0.25, -0.2) is 9.38 Å². The predicted molar refractivity (Wildman–Crippen MR) is 91.4 cm³/mol. The number of benzene rings is 2. The minimum absolute atomic E-state index is 0. The second-order valence-electron chi connectivity index (χ2n) is 4.77. The third kappa shape index (κ3) is 4.47. The smallest absolute Gasteiger partial charge is 0.163 e. The summed E-state index contributed by atoms with van der Waals surface area (Å²) >= 11 is 7.21. The van der Waals surface area contributed by atoms with Crippen LogP contribution in [0.1, 0.15) is 5.56 Å². The lowest BCUT2D eigenvalue weighted by Crippen LogP contribution is -3.00. The van der Waals surface area contributed by atoms with E-state index >= 15 is 0 Å². The molecule has 0 saturated carbocycles.